The summed E-state index contributed by atoms with van der Waals surface area (Å²) in [5, 5.41) is 56.4. The molecule has 8 aromatic rings. The fourth-order valence-corrected chi connectivity index (χ4v) is 16.5. The molecule has 1 saturated heterocycles. The minimum atomic E-state index is -1.91. The molecule has 11 atom stereocenters. The second-order valence-corrected chi connectivity index (χ2v) is 35.0. The third kappa shape index (κ3) is 29.2. The predicted octanol–water partition coefficient (Wildman–Crippen LogP) is 2.81. The number of amides is 15. The van der Waals surface area contributed by atoms with Gasteiger partial charge in [-0.1, -0.05) is 169 Å². The largest absolute Gasteiger partial charge is 0.508 e. The molecule has 3 heterocycles. The highest BCUT2D eigenvalue weighted by atomic mass is 32.2. The number of phenolic OH excluding ortho intramolecular Hbond substituents is 2. The number of nitrogens with one attached hydrogen (secondary N) is 11. The maximum atomic E-state index is 15.7. The highest BCUT2D eigenvalue weighted by molar-refractivity contribution is 8.00. The van der Waals surface area contributed by atoms with Crippen molar-refractivity contribution in [2.45, 2.75) is 172 Å². The van der Waals surface area contributed by atoms with E-state index >= 15 is 43.2 Å². The quantitative estimate of drug-likeness (QED) is 0.0438. The smallest absolute Gasteiger partial charge is 0.305 e. The first-order valence-corrected chi connectivity index (χ1v) is 44.8. The lowest BCUT2D eigenvalue weighted by molar-refractivity contribution is -0.151. The summed E-state index contributed by atoms with van der Waals surface area (Å²) in [5.41, 5.74) is 9.81. The van der Waals surface area contributed by atoms with Crippen molar-refractivity contribution in [3.63, 3.8) is 0 Å². The topological polar surface area (TPSA) is 516 Å². The Morgan fingerprint density at radius 2 is 0.879 bits per heavy atom. The lowest BCUT2D eigenvalue weighted by Gasteiger charge is -2.37. The van der Waals surface area contributed by atoms with Crippen LogP contribution in [0.1, 0.15) is 100 Å². The molecule has 6 aromatic carbocycles. The molecule has 15 amide bonds. The van der Waals surface area contributed by atoms with E-state index in [1.807, 2.05) is 19.1 Å². The molecule has 0 spiro atoms. The summed E-state index contributed by atoms with van der Waals surface area (Å²) in [7, 11) is 6.54. The number of benzene rings is 6. The number of primary amides is 1. The number of aromatic nitrogens is 2. The van der Waals surface area contributed by atoms with Crippen molar-refractivity contribution in [1.29, 1.82) is 0 Å². The number of fused-ring (bicyclic) bond motifs is 2. The van der Waals surface area contributed by atoms with Gasteiger partial charge in [-0.25, -0.2) is 0 Å². The van der Waals surface area contributed by atoms with Gasteiger partial charge < -0.3 is 103 Å². The summed E-state index contributed by atoms with van der Waals surface area (Å²) in [6.45, 7) is 6.16. The number of nitrogens with zero attached hydrogens (tertiary/aromatic N) is 5. The average Bonchev–Trinajstić information content (AvgIpc) is 1.50. The molecule has 11 unspecified atom stereocenters. The fourth-order valence-electron chi connectivity index (χ4n) is 15.6. The number of H-pyrrole nitrogens is 2. The zero-order valence-corrected chi connectivity index (χ0v) is 76.4. The summed E-state index contributed by atoms with van der Waals surface area (Å²) >= 11 is 0.827. The van der Waals surface area contributed by atoms with Crippen molar-refractivity contribution < 1.29 is 92.0 Å². The van der Waals surface area contributed by atoms with Crippen molar-refractivity contribution in [1.82, 2.24) is 82.3 Å². The average molecular weight is 1840 g/mol. The van der Waals surface area contributed by atoms with Crippen LogP contribution in [-0.4, -0.2) is 277 Å². The van der Waals surface area contributed by atoms with Crippen LogP contribution in [0.3, 0.4) is 0 Å². The Morgan fingerprint density at radius 3 is 1.40 bits per heavy atom. The Kier molecular flexibility index (Phi) is 37.3. The molecule has 1 aliphatic rings. The van der Waals surface area contributed by atoms with Crippen molar-refractivity contribution in [2.75, 3.05) is 66.4 Å². The minimum absolute atomic E-state index is 0.0225. The van der Waals surface area contributed by atoms with E-state index in [1.54, 1.807) is 137 Å². The minimum Gasteiger partial charge on any atom is -0.508 e. The molecular weight excluding hydrogens is 1720 g/mol. The lowest BCUT2D eigenvalue weighted by atomic mass is 9.98. The number of likely N-dealkylation sites (N-methyl/N-ethyl adjacent to an activating group) is 5. The van der Waals surface area contributed by atoms with Crippen LogP contribution in [0.15, 0.2) is 170 Å². The number of unbranched alkanes of at least 4 members (excludes halogenated alkanes) is 1. The van der Waals surface area contributed by atoms with Crippen molar-refractivity contribution >= 4 is 128 Å². The Morgan fingerprint density at radius 1 is 0.447 bits per heavy atom. The van der Waals surface area contributed by atoms with E-state index in [4.69, 9.17) is 5.73 Å². The van der Waals surface area contributed by atoms with E-state index in [0.29, 0.717) is 68.0 Å². The molecule has 2 aromatic heterocycles. The van der Waals surface area contributed by atoms with Gasteiger partial charge in [0.1, 0.15) is 78.0 Å². The third-order valence-electron chi connectivity index (χ3n) is 22.9. The van der Waals surface area contributed by atoms with Crippen molar-refractivity contribution in [2.24, 2.45) is 17.6 Å². The second kappa shape index (κ2) is 48.5. The summed E-state index contributed by atoms with van der Waals surface area (Å²) in [6, 6.07) is 25.7. The second-order valence-electron chi connectivity index (χ2n) is 33.9. The molecular formula is C95H119N17O19S. The van der Waals surface area contributed by atoms with E-state index in [1.165, 1.54) is 93.6 Å². The monoisotopic (exact) mass is 1830 g/mol. The number of hydrogen-bond acceptors (Lipinski definition) is 19. The summed E-state index contributed by atoms with van der Waals surface area (Å²) in [6.07, 6.45) is 1.67. The predicted molar refractivity (Wildman–Crippen MR) is 494 cm³/mol. The van der Waals surface area contributed by atoms with Gasteiger partial charge in [0.15, 0.2) is 0 Å². The van der Waals surface area contributed by atoms with Crippen LogP contribution in [-0.2, 0) is 115 Å². The van der Waals surface area contributed by atoms with Gasteiger partial charge in [-0.15, -0.1) is 11.8 Å². The summed E-state index contributed by atoms with van der Waals surface area (Å²) < 4.78 is 0. The molecule has 9 rings (SSSR count). The SMILES string of the molecule is CCCCC1C(=O)N(C)CC(=O)NC(CC(=O)O)C(=O)NC(C(C)C)C(=O)N(C)C(Cc2ccccc2)C(=O)NC(Cc2ccc(O)cc2)C(=O)N(C)CC(=O)NC(Cc2c[nH]c3ccccc23)C(=O)NC(Cc2ccc(O)cc2)C(=O)NC(CC(C)C)C(=O)NC(C(=O)NCC(N)=O)CSCC(=O)NC(Cc2c[nH]c3ccccc23)C(=O)N(C)C(Cc2ccccc2)C(=O)N1C. The number of aromatic amines is 2. The van der Waals surface area contributed by atoms with Gasteiger partial charge in [0.25, 0.3) is 0 Å². The number of thioether (sulfide) groups is 1. The number of nitrogens with two attached hydrogens (primary N) is 1. The molecule has 132 heavy (non-hydrogen) atoms. The fraction of sp³-hybridized carbons (Fsp3) is 0.411. The number of phenols is 2. The van der Waals surface area contributed by atoms with Gasteiger partial charge in [0.05, 0.1) is 31.8 Å². The molecule has 1 aliphatic heterocycles. The Bertz CT molecular complexity index is 5400. The molecule has 1 fully saturated rings. The van der Waals surface area contributed by atoms with Gasteiger partial charge >= 0.3 is 5.97 Å². The third-order valence-corrected chi connectivity index (χ3v) is 23.9. The van der Waals surface area contributed by atoms with Gasteiger partial charge in [-0.3, -0.25) is 76.7 Å². The molecule has 37 heteroatoms. The van der Waals surface area contributed by atoms with Crippen LogP contribution in [0.25, 0.3) is 21.8 Å². The van der Waals surface area contributed by atoms with E-state index in [-0.39, 0.29) is 68.8 Å². The van der Waals surface area contributed by atoms with E-state index in [9.17, 15) is 48.9 Å². The van der Waals surface area contributed by atoms with Crippen LogP contribution >= 0.6 is 11.8 Å². The van der Waals surface area contributed by atoms with Gasteiger partial charge in [-0.2, -0.15) is 0 Å². The van der Waals surface area contributed by atoms with Gasteiger partial charge in [0.2, 0.25) is 88.6 Å². The zero-order valence-electron chi connectivity index (χ0n) is 75.6. The number of carboxylic acids is 1. The van der Waals surface area contributed by atoms with Crippen LogP contribution in [0.5, 0.6) is 11.5 Å². The maximum absolute atomic E-state index is 15.7. The molecule has 704 valence electrons. The standard InChI is InChI=1S/C95H119N17O19S/c1-11-12-31-76-93(129)109(7)52-81(117)101-72(47-83(119)120)89(125)107-84(56(4)5)95(131)111(9)77(43-57-23-15-13-16-24-57)90(126)105-73(42-60-34-38-64(114)39-35-60)91(127)108(6)51-80(116)100-71(45-61-48-97-67-29-21-19-27-65(61)67)88(124)104-70(41-59-32-36-63(113)37-33-59)87(123)103-69(40-55(2)3)86(122)106-75(85(121)99-50-79(96)115)53-132-54-82(118)102-74(46-62-49-98-68-30-22-20-28-66(62)68)92(128)112(10)78(94(130)110(76)8)44-58-25-17-14-18-26-58/h13-30,32-39,48-49,55-56,69-78,84,97-98,113-114H,11-12,31,40-47,50-54H2,1-10H3,(H2,96,115)(H,99,121)(H,100,116)(H,101,117)(H,102,118)(H,103,123)(H,104,124)(H,105,126)(H,106,122)(H,107,125)(H,119,120). The number of aromatic hydroxyl groups is 2. The normalized spacial score (nSPS) is 21.7. The number of hydrogen-bond donors (Lipinski definition) is 15. The number of carbonyl (C=O) groups is 16. The Balaban J connectivity index is 1.12. The number of rotatable bonds is 23. The molecule has 0 aliphatic carbocycles. The first-order valence-electron chi connectivity index (χ1n) is 43.7. The van der Waals surface area contributed by atoms with Crippen LogP contribution in [0.4, 0.5) is 0 Å². The number of carbonyl (C=O) groups excluding carboxylic acids is 15. The molecule has 16 N–H and O–H groups in total. The van der Waals surface area contributed by atoms with Crippen molar-refractivity contribution in [3.05, 3.63) is 203 Å². The molecule has 0 bridgehead atoms. The number of para-hydroxylation sites is 2. The zero-order chi connectivity index (χ0) is 96.2. The first-order chi connectivity index (χ1) is 62.9. The summed E-state index contributed by atoms with van der Waals surface area (Å²) in [4.78, 5) is 248. The van der Waals surface area contributed by atoms with E-state index in [0.717, 1.165) is 26.5 Å². The highest BCUT2D eigenvalue weighted by Crippen LogP contribution is 2.26. The first kappa shape index (κ1) is 102. The van der Waals surface area contributed by atoms with Gasteiger partial charge in [-0.05, 0) is 94.5 Å². The molecule has 36 nitrogen and oxygen atoms in total. The highest BCUT2D eigenvalue weighted by Gasteiger charge is 2.43. The van der Waals surface area contributed by atoms with Gasteiger partial charge in [0, 0.05) is 114 Å². The number of carboxylic acid groups (broad SMARTS) is 1. The Hall–Kier alpha value is -14.1. The Labute approximate surface area is 769 Å². The van der Waals surface area contributed by atoms with E-state index < -0.39 is 205 Å². The van der Waals surface area contributed by atoms with Crippen LogP contribution in [0, 0.1) is 11.8 Å². The van der Waals surface area contributed by atoms with Crippen molar-refractivity contribution in [3.8, 4) is 11.5 Å². The molecule has 0 radical (unpaired) electrons. The van der Waals surface area contributed by atoms with Crippen LogP contribution < -0.4 is 53.6 Å². The van der Waals surface area contributed by atoms with Crippen LogP contribution in [0.2, 0.25) is 0 Å². The van der Waals surface area contributed by atoms with E-state index in [2.05, 4.69) is 57.8 Å². The molecule has 0 saturated carbocycles. The maximum Gasteiger partial charge on any atom is 0.305 e. The summed E-state index contributed by atoms with van der Waals surface area (Å²) in [5.74, 6) is -17.5. The number of aliphatic carboxylic acids is 1. The lowest BCUT2D eigenvalue weighted by Crippen LogP contribution is -2.61.